The lowest BCUT2D eigenvalue weighted by atomic mass is 9.90. The normalized spacial score (nSPS) is 16.9. The Bertz CT molecular complexity index is 926. The van der Waals surface area contributed by atoms with Crippen LogP contribution in [0.2, 0.25) is 0 Å². The topological polar surface area (TPSA) is 86.8 Å². The average Bonchev–Trinajstić information content (AvgIpc) is 3.38. The molecule has 1 aromatic carbocycles. The van der Waals surface area contributed by atoms with Crippen LogP contribution >= 0.6 is 11.8 Å². The molecule has 0 bridgehead atoms. The van der Waals surface area contributed by atoms with Crippen molar-refractivity contribution in [2.24, 2.45) is 5.92 Å². The van der Waals surface area contributed by atoms with Crippen molar-refractivity contribution in [1.29, 1.82) is 5.26 Å². The van der Waals surface area contributed by atoms with E-state index >= 15 is 0 Å². The number of rotatable bonds is 7. The summed E-state index contributed by atoms with van der Waals surface area (Å²) < 4.78 is 2.03. The van der Waals surface area contributed by atoms with Crippen LogP contribution in [-0.2, 0) is 4.79 Å². The summed E-state index contributed by atoms with van der Waals surface area (Å²) >= 11 is 1.36. The van der Waals surface area contributed by atoms with Crippen LogP contribution in [0.4, 0.5) is 5.95 Å². The van der Waals surface area contributed by atoms with E-state index in [-0.39, 0.29) is 11.8 Å². The van der Waals surface area contributed by atoms with Crippen LogP contribution < -0.4 is 10.2 Å². The molecule has 0 aliphatic carbocycles. The maximum atomic E-state index is 12.8. The van der Waals surface area contributed by atoms with Crippen LogP contribution in [-0.4, -0.2) is 44.6 Å². The largest absolute Gasteiger partial charge is 0.341 e. The van der Waals surface area contributed by atoms with Gasteiger partial charge in [0.05, 0.1) is 17.0 Å². The first-order chi connectivity index (χ1) is 14.2. The van der Waals surface area contributed by atoms with Gasteiger partial charge < -0.3 is 10.2 Å². The van der Waals surface area contributed by atoms with Gasteiger partial charge in [0, 0.05) is 13.1 Å². The van der Waals surface area contributed by atoms with E-state index in [4.69, 9.17) is 0 Å². The van der Waals surface area contributed by atoms with Gasteiger partial charge in [-0.3, -0.25) is 9.36 Å². The zero-order valence-corrected chi connectivity index (χ0v) is 19.2. The molecule has 7 nitrogen and oxygen atoms in total. The van der Waals surface area contributed by atoms with E-state index in [1.54, 1.807) is 6.92 Å². The third kappa shape index (κ3) is 4.62. The van der Waals surface area contributed by atoms with E-state index in [1.165, 1.54) is 17.3 Å². The Hall–Kier alpha value is -2.53. The second-order valence-corrected chi connectivity index (χ2v) is 9.67. The molecule has 1 fully saturated rings. The molecule has 160 valence electrons. The number of nitrogens with one attached hydrogen (secondary N) is 1. The number of amides is 1. The SMILES string of the molecule is Cc1ccc(-n2c(S[C@@H](C)C(=O)N[C@](C)(C#N)C(C)C)nnc2N2CCCC2)cc1. The molecule has 0 radical (unpaired) electrons. The van der Waals surface area contributed by atoms with Crippen LogP contribution in [0.15, 0.2) is 29.4 Å². The predicted octanol–water partition coefficient (Wildman–Crippen LogP) is 3.71. The molecule has 1 N–H and O–H groups in total. The zero-order valence-electron chi connectivity index (χ0n) is 18.3. The second-order valence-electron chi connectivity index (χ2n) is 8.37. The van der Waals surface area contributed by atoms with Crippen molar-refractivity contribution in [2.75, 3.05) is 18.0 Å². The van der Waals surface area contributed by atoms with Gasteiger partial charge in [-0.25, -0.2) is 0 Å². The molecule has 1 saturated heterocycles. The number of aryl methyl sites for hydroxylation is 1. The summed E-state index contributed by atoms with van der Waals surface area (Å²) in [4.78, 5) is 15.1. The maximum absolute atomic E-state index is 12.8. The highest BCUT2D eigenvalue weighted by Crippen LogP contribution is 2.31. The third-order valence-electron chi connectivity index (χ3n) is 5.72. The molecule has 2 atom stereocenters. The number of nitriles is 1. The van der Waals surface area contributed by atoms with Crippen molar-refractivity contribution >= 4 is 23.6 Å². The number of carbonyl (C=O) groups is 1. The Balaban J connectivity index is 1.87. The zero-order chi connectivity index (χ0) is 21.9. The summed E-state index contributed by atoms with van der Waals surface area (Å²) in [6.07, 6.45) is 2.29. The molecule has 1 aliphatic rings. The van der Waals surface area contributed by atoms with Gasteiger partial charge in [0.1, 0.15) is 5.54 Å². The molecular weight excluding hydrogens is 396 g/mol. The van der Waals surface area contributed by atoms with Crippen molar-refractivity contribution in [2.45, 2.75) is 63.4 Å². The molecule has 1 aliphatic heterocycles. The van der Waals surface area contributed by atoms with E-state index in [2.05, 4.69) is 57.7 Å². The first-order valence-electron chi connectivity index (χ1n) is 10.4. The van der Waals surface area contributed by atoms with Crippen LogP contribution in [0.3, 0.4) is 0 Å². The number of hydrogen-bond acceptors (Lipinski definition) is 6. The minimum Gasteiger partial charge on any atom is -0.341 e. The molecule has 0 saturated carbocycles. The smallest absolute Gasteiger partial charge is 0.234 e. The quantitative estimate of drug-likeness (QED) is 0.679. The molecule has 30 heavy (non-hydrogen) atoms. The van der Waals surface area contributed by atoms with Gasteiger partial charge in [-0.15, -0.1) is 10.2 Å². The maximum Gasteiger partial charge on any atom is 0.234 e. The summed E-state index contributed by atoms with van der Waals surface area (Å²) in [7, 11) is 0. The lowest BCUT2D eigenvalue weighted by molar-refractivity contribution is -0.121. The van der Waals surface area contributed by atoms with Gasteiger partial charge in [0.25, 0.3) is 0 Å². The number of benzene rings is 1. The Kier molecular flexibility index (Phi) is 6.71. The third-order valence-corrected chi connectivity index (χ3v) is 6.76. The number of aromatic nitrogens is 3. The van der Waals surface area contributed by atoms with Crippen LogP contribution in [0.5, 0.6) is 0 Å². The van der Waals surface area contributed by atoms with Gasteiger partial charge in [0.15, 0.2) is 5.16 Å². The molecule has 2 heterocycles. The van der Waals surface area contributed by atoms with Crippen LogP contribution in [0.25, 0.3) is 5.69 Å². The lowest BCUT2D eigenvalue weighted by Crippen LogP contribution is -2.51. The van der Waals surface area contributed by atoms with E-state index in [1.807, 2.05) is 25.3 Å². The van der Waals surface area contributed by atoms with Crippen molar-refractivity contribution < 1.29 is 4.79 Å². The number of nitrogens with zero attached hydrogens (tertiary/aromatic N) is 5. The molecule has 0 spiro atoms. The highest BCUT2D eigenvalue weighted by molar-refractivity contribution is 8.00. The first kappa shape index (κ1) is 22.2. The lowest BCUT2D eigenvalue weighted by Gasteiger charge is -2.28. The molecule has 0 unspecified atom stereocenters. The summed E-state index contributed by atoms with van der Waals surface area (Å²) in [6, 6.07) is 10.5. The van der Waals surface area contributed by atoms with Gasteiger partial charge >= 0.3 is 0 Å². The number of carbonyl (C=O) groups excluding carboxylic acids is 1. The van der Waals surface area contributed by atoms with E-state index in [0.717, 1.165) is 37.6 Å². The summed E-state index contributed by atoms with van der Waals surface area (Å²) in [6.45, 7) is 11.4. The standard InChI is InChI=1S/C22H30N6OS/c1-15(2)22(5,14-23)24-19(29)17(4)30-21-26-25-20(27-12-6-7-13-27)28(21)18-10-8-16(3)9-11-18/h8-11,15,17H,6-7,12-13H2,1-5H3,(H,24,29)/t17-,22+/m0/s1. The second kappa shape index (κ2) is 9.09. The number of thioether (sulfide) groups is 1. The minimum absolute atomic E-state index is 0.00151. The van der Waals surface area contributed by atoms with Crippen molar-refractivity contribution in [3.05, 3.63) is 29.8 Å². The highest BCUT2D eigenvalue weighted by atomic mass is 32.2. The molecule has 1 amide bonds. The molecule has 8 heteroatoms. The highest BCUT2D eigenvalue weighted by Gasteiger charge is 2.33. The van der Waals surface area contributed by atoms with E-state index in [9.17, 15) is 10.1 Å². The van der Waals surface area contributed by atoms with Gasteiger partial charge in [0.2, 0.25) is 11.9 Å². The monoisotopic (exact) mass is 426 g/mol. The number of anilines is 1. The number of hydrogen-bond donors (Lipinski definition) is 1. The van der Waals surface area contributed by atoms with Crippen molar-refractivity contribution in [3.8, 4) is 11.8 Å². The predicted molar refractivity (Wildman–Crippen MR) is 120 cm³/mol. The molecule has 3 rings (SSSR count). The summed E-state index contributed by atoms with van der Waals surface area (Å²) in [5, 5.41) is 21.6. The van der Waals surface area contributed by atoms with Gasteiger partial charge in [-0.2, -0.15) is 5.26 Å². The summed E-state index contributed by atoms with van der Waals surface area (Å²) in [5.74, 6) is 0.635. The minimum atomic E-state index is -0.906. The molecule has 1 aromatic heterocycles. The van der Waals surface area contributed by atoms with Crippen molar-refractivity contribution in [1.82, 2.24) is 20.1 Å². The Labute approximate surface area is 182 Å². The Morgan fingerprint density at radius 2 is 1.83 bits per heavy atom. The Morgan fingerprint density at radius 1 is 1.20 bits per heavy atom. The van der Waals surface area contributed by atoms with Crippen molar-refractivity contribution in [3.63, 3.8) is 0 Å². The Morgan fingerprint density at radius 3 is 2.40 bits per heavy atom. The average molecular weight is 427 g/mol. The fourth-order valence-corrected chi connectivity index (χ4v) is 4.11. The van der Waals surface area contributed by atoms with E-state index < -0.39 is 10.8 Å². The first-order valence-corrected chi connectivity index (χ1v) is 11.3. The van der Waals surface area contributed by atoms with Gasteiger partial charge in [-0.05, 0) is 51.7 Å². The molecular formula is C22H30N6OS. The molecule has 2 aromatic rings. The fourth-order valence-electron chi connectivity index (χ4n) is 3.25. The summed E-state index contributed by atoms with van der Waals surface area (Å²) in [5.41, 5.74) is 1.25. The van der Waals surface area contributed by atoms with Gasteiger partial charge in [-0.1, -0.05) is 43.3 Å². The van der Waals surface area contributed by atoms with Crippen LogP contribution in [0.1, 0.15) is 46.1 Å². The fraction of sp³-hybridized carbons (Fsp3) is 0.545. The van der Waals surface area contributed by atoms with E-state index in [0.29, 0.717) is 5.16 Å². The van der Waals surface area contributed by atoms with Crippen LogP contribution in [0, 0.1) is 24.2 Å².